The molecule has 0 aromatic carbocycles. The van der Waals surface area contributed by atoms with Crippen molar-refractivity contribution in [2.75, 3.05) is 6.61 Å². The van der Waals surface area contributed by atoms with Gasteiger partial charge in [0.05, 0.1) is 12.6 Å². The van der Waals surface area contributed by atoms with Crippen molar-refractivity contribution in [3.05, 3.63) is 0 Å². The number of carbonyl (C=O) groups is 1. The first kappa shape index (κ1) is 13.2. The van der Waals surface area contributed by atoms with Crippen LogP contribution in [0.3, 0.4) is 0 Å². The highest BCUT2D eigenvalue weighted by atomic mass is 32.2. The van der Waals surface area contributed by atoms with E-state index in [1.54, 1.807) is 0 Å². The van der Waals surface area contributed by atoms with Crippen LogP contribution >= 0.6 is 0 Å². The smallest absolute Gasteiger partial charge is 0.423 e. The molecule has 0 aromatic rings. The Morgan fingerprint density at radius 1 is 1.56 bits per heavy atom. The van der Waals surface area contributed by atoms with Gasteiger partial charge in [-0.25, -0.2) is 4.79 Å². The van der Waals surface area contributed by atoms with Gasteiger partial charge in [-0.05, 0) is 12.3 Å². The Balaban J connectivity index is 2.58. The fraction of sp³-hybridized carbons (Fsp3) is 0.889. The third-order valence-corrected chi connectivity index (χ3v) is 3.86. The number of nitrogens with zero attached hydrogens (tertiary/aromatic N) is 1. The second-order valence-electron chi connectivity index (χ2n) is 4.30. The molecule has 1 aliphatic rings. The minimum atomic E-state index is -4.05. The van der Waals surface area contributed by atoms with E-state index in [1.807, 2.05) is 0 Å². The zero-order valence-corrected chi connectivity index (χ0v) is 10.2. The maximum absolute atomic E-state index is 11.2. The molecule has 1 aliphatic heterocycles. The van der Waals surface area contributed by atoms with Gasteiger partial charge in [-0.15, -0.1) is 0 Å². The summed E-state index contributed by atoms with van der Waals surface area (Å²) in [7, 11) is -4.05. The highest BCUT2D eigenvalue weighted by Crippen LogP contribution is 2.23. The fourth-order valence-electron chi connectivity index (χ4n) is 1.69. The molecule has 1 N–H and O–H groups in total. The SMILES string of the molecule is CC(C)CCCC1COS(=O)(=O)N1C(=O)O. The summed E-state index contributed by atoms with van der Waals surface area (Å²) in [5, 5.41) is 8.79. The van der Waals surface area contributed by atoms with Crippen molar-refractivity contribution in [2.24, 2.45) is 5.92 Å². The van der Waals surface area contributed by atoms with Gasteiger partial charge in [0.2, 0.25) is 0 Å². The Morgan fingerprint density at radius 2 is 2.19 bits per heavy atom. The molecule has 0 spiro atoms. The van der Waals surface area contributed by atoms with Crippen molar-refractivity contribution in [3.63, 3.8) is 0 Å². The average Bonchev–Trinajstić information content (AvgIpc) is 2.40. The molecule has 1 amide bonds. The molecule has 16 heavy (non-hydrogen) atoms. The molecular formula is C9H17NO5S. The van der Waals surface area contributed by atoms with Crippen LogP contribution in [0.2, 0.25) is 0 Å². The van der Waals surface area contributed by atoms with Crippen LogP contribution < -0.4 is 0 Å². The molecule has 1 heterocycles. The minimum absolute atomic E-state index is 0.0628. The summed E-state index contributed by atoms with van der Waals surface area (Å²) in [6.07, 6.45) is 0.797. The van der Waals surface area contributed by atoms with Crippen LogP contribution in [0.15, 0.2) is 0 Å². The van der Waals surface area contributed by atoms with E-state index in [9.17, 15) is 13.2 Å². The predicted molar refractivity (Wildman–Crippen MR) is 57.2 cm³/mol. The molecular weight excluding hydrogens is 234 g/mol. The minimum Gasteiger partial charge on any atom is -0.464 e. The van der Waals surface area contributed by atoms with E-state index in [0.717, 1.165) is 12.8 Å². The van der Waals surface area contributed by atoms with Crippen LogP contribution in [-0.2, 0) is 14.5 Å². The lowest BCUT2D eigenvalue weighted by molar-refractivity contribution is 0.162. The second-order valence-corrected chi connectivity index (χ2v) is 5.78. The number of carboxylic acid groups (broad SMARTS) is 1. The Bertz CT molecular complexity index is 351. The van der Waals surface area contributed by atoms with E-state index in [0.29, 0.717) is 16.6 Å². The van der Waals surface area contributed by atoms with Crippen LogP contribution in [0, 0.1) is 5.92 Å². The van der Waals surface area contributed by atoms with Gasteiger partial charge in [0.1, 0.15) is 0 Å². The molecule has 0 radical (unpaired) electrons. The quantitative estimate of drug-likeness (QED) is 0.817. The topological polar surface area (TPSA) is 83.9 Å². The largest absolute Gasteiger partial charge is 0.464 e. The molecule has 0 bridgehead atoms. The Hall–Kier alpha value is -0.820. The van der Waals surface area contributed by atoms with Gasteiger partial charge in [-0.3, -0.25) is 4.18 Å². The molecule has 1 atom stereocenters. The summed E-state index contributed by atoms with van der Waals surface area (Å²) >= 11 is 0. The van der Waals surface area contributed by atoms with Gasteiger partial charge in [-0.2, -0.15) is 12.7 Å². The van der Waals surface area contributed by atoms with Crippen LogP contribution in [0.5, 0.6) is 0 Å². The van der Waals surface area contributed by atoms with Crippen LogP contribution in [0.4, 0.5) is 4.79 Å². The molecule has 94 valence electrons. The lowest BCUT2D eigenvalue weighted by atomic mass is 10.0. The van der Waals surface area contributed by atoms with Crippen LogP contribution in [-0.4, -0.2) is 36.6 Å². The highest BCUT2D eigenvalue weighted by molar-refractivity contribution is 7.85. The van der Waals surface area contributed by atoms with Gasteiger partial charge >= 0.3 is 16.4 Å². The first-order valence-corrected chi connectivity index (χ1v) is 6.63. The maximum atomic E-state index is 11.2. The van der Waals surface area contributed by atoms with Crippen molar-refractivity contribution in [3.8, 4) is 0 Å². The number of hydrogen-bond donors (Lipinski definition) is 1. The Kier molecular flexibility index (Phi) is 4.15. The van der Waals surface area contributed by atoms with Crippen molar-refractivity contribution >= 4 is 16.4 Å². The summed E-state index contributed by atoms with van der Waals surface area (Å²) in [6, 6.07) is -0.568. The highest BCUT2D eigenvalue weighted by Gasteiger charge is 2.42. The molecule has 1 fully saturated rings. The van der Waals surface area contributed by atoms with Gasteiger partial charge < -0.3 is 5.11 Å². The average molecular weight is 251 g/mol. The molecule has 1 rings (SSSR count). The number of rotatable bonds is 4. The summed E-state index contributed by atoms with van der Waals surface area (Å²) in [6.45, 7) is 4.07. The third-order valence-electron chi connectivity index (χ3n) is 2.49. The monoisotopic (exact) mass is 251 g/mol. The molecule has 0 saturated carbocycles. The third kappa shape index (κ3) is 3.08. The van der Waals surface area contributed by atoms with E-state index >= 15 is 0 Å². The zero-order chi connectivity index (χ0) is 12.3. The molecule has 0 aliphatic carbocycles. The zero-order valence-electron chi connectivity index (χ0n) is 9.42. The normalized spacial score (nSPS) is 23.9. The van der Waals surface area contributed by atoms with Gasteiger partial charge in [0, 0.05) is 0 Å². The van der Waals surface area contributed by atoms with Crippen LogP contribution in [0.25, 0.3) is 0 Å². The molecule has 0 aromatic heterocycles. The molecule has 7 heteroatoms. The number of hydrogen-bond acceptors (Lipinski definition) is 4. The maximum Gasteiger partial charge on any atom is 0.423 e. The fourth-order valence-corrected chi connectivity index (χ4v) is 2.85. The van der Waals surface area contributed by atoms with Crippen molar-refractivity contribution in [1.82, 2.24) is 4.31 Å². The number of amides is 1. The molecule has 6 nitrogen and oxygen atoms in total. The Morgan fingerprint density at radius 3 is 2.69 bits per heavy atom. The standard InChI is InChI=1S/C9H17NO5S/c1-7(2)4-3-5-8-6-15-16(13,14)10(8)9(11)12/h7-8H,3-6H2,1-2H3,(H,11,12). The summed E-state index contributed by atoms with van der Waals surface area (Å²) < 4.78 is 27.4. The predicted octanol–water partition coefficient (Wildman–Crippen LogP) is 1.44. The van der Waals surface area contributed by atoms with Gasteiger partial charge in [0.25, 0.3) is 0 Å². The van der Waals surface area contributed by atoms with E-state index in [1.165, 1.54) is 0 Å². The van der Waals surface area contributed by atoms with Crippen molar-refractivity contribution in [1.29, 1.82) is 0 Å². The van der Waals surface area contributed by atoms with E-state index in [-0.39, 0.29) is 6.61 Å². The van der Waals surface area contributed by atoms with Crippen LogP contribution in [0.1, 0.15) is 33.1 Å². The molecule has 1 unspecified atom stereocenters. The van der Waals surface area contributed by atoms with Gasteiger partial charge in [-0.1, -0.05) is 26.7 Å². The van der Waals surface area contributed by atoms with Crippen molar-refractivity contribution in [2.45, 2.75) is 39.2 Å². The van der Waals surface area contributed by atoms with E-state index < -0.39 is 22.4 Å². The summed E-state index contributed by atoms with van der Waals surface area (Å²) in [5.41, 5.74) is 0. The first-order valence-electron chi connectivity index (χ1n) is 5.26. The lowest BCUT2D eigenvalue weighted by Crippen LogP contribution is -2.38. The van der Waals surface area contributed by atoms with E-state index in [2.05, 4.69) is 18.0 Å². The first-order chi connectivity index (χ1) is 7.34. The lowest BCUT2D eigenvalue weighted by Gasteiger charge is -2.17. The van der Waals surface area contributed by atoms with E-state index in [4.69, 9.17) is 5.11 Å². The summed E-state index contributed by atoms with van der Waals surface area (Å²) in [4.78, 5) is 10.8. The molecule has 1 saturated heterocycles. The second kappa shape index (κ2) is 5.01. The van der Waals surface area contributed by atoms with Gasteiger partial charge in [0.15, 0.2) is 0 Å². The summed E-state index contributed by atoms with van der Waals surface area (Å²) in [5.74, 6) is 0.525. The Labute approximate surface area is 95.5 Å². The van der Waals surface area contributed by atoms with Crippen molar-refractivity contribution < 1.29 is 22.5 Å².